The molecular weight excluding hydrogens is 232 g/mol. The highest BCUT2D eigenvalue weighted by Gasteiger charge is 2.30. The number of hydrogen-bond acceptors (Lipinski definition) is 2. The Morgan fingerprint density at radius 2 is 2.11 bits per heavy atom. The van der Waals surface area contributed by atoms with Crippen molar-refractivity contribution in [1.29, 1.82) is 0 Å². The maximum Gasteiger partial charge on any atom is 0.0166 e. The summed E-state index contributed by atoms with van der Waals surface area (Å²) in [6.45, 7) is 4.84. The lowest BCUT2D eigenvalue weighted by atomic mass is 9.85. The van der Waals surface area contributed by atoms with Crippen molar-refractivity contribution in [2.75, 3.05) is 26.2 Å². The van der Waals surface area contributed by atoms with Crippen LogP contribution in [0.3, 0.4) is 0 Å². The van der Waals surface area contributed by atoms with E-state index in [9.17, 15) is 0 Å². The standard InChI is InChI=1S/C17H24N2/c1-2-6-15(7-3-1)8-5-12-19-13-10-17-16(14-19)9-4-11-18-17/h1-3,5-8,16-18H,4,9-14H2/b8-5+/t16-,17-/m0/s1. The molecule has 2 atom stereocenters. The molecule has 2 fully saturated rings. The molecule has 2 saturated heterocycles. The van der Waals surface area contributed by atoms with Crippen molar-refractivity contribution >= 4 is 6.08 Å². The van der Waals surface area contributed by atoms with Crippen molar-refractivity contribution in [1.82, 2.24) is 10.2 Å². The molecule has 0 aliphatic carbocycles. The van der Waals surface area contributed by atoms with Crippen LogP contribution in [0.4, 0.5) is 0 Å². The van der Waals surface area contributed by atoms with Crippen molar-refractivity contribution < 1.29 is 0 Å². The van der Waals surface area contributed by atoms with Gasteiger partial charge in [-0.2, -0.15) is 0 Å². The fourth-order valence-electron chi connectivity index (χ4n) is 3.39. The van der Waals surface area contributed by atoms with Gasteiger partial charge in [-0.15, -0.1) is 0 Å². The van der Waals surface area contributed by atoms with E-state index in [2.05, 4.69) is 52.7 Å². The topological polar surface area (TPSA) is 15.3 Å². The van der Waals surface area contributed by atoms with Gasteiger partial charge in [0.1, 0.15) is 0 Å². The highest BCUT2D eigenvalue weighted by molar-refractivity contribution is 5.48. The summed E-state index contributed by atoms with van der Waals surface area (Å²) in [7, 11) is 0. The van der Waals surface area contributed by atoms with Crippen LogP contribution in [0.5, 0.6) is 0 Å². The number of nitrogens with one attached hydrogen (secondary N) is 1. The molecular formula is C17H24N2. The minimum atomic E-state index is 0.795. The molecule has 0 saturated carbocycles. The van der Waals surface area contributed by atoms with E-state index >= 15 is 0 Å². The molecule has 1 aromatic rings. The monoisotopic (exact) mass is 256 g/mol. The van der Waals surface area contributed by atoms with E-state index in [1.165, 1.54) is 44.5 Å². The highest BCUT2D eigenvalue weighted by Crippen LogP contribution is 2.24. The lowest BCUT2D eigenvalue weighted by molar-refractivity contribution is 0.124. The van der Waals surface area contributed by atoms with E-state index in [4.69, 9.17) is 0 Å². The predicted molar refractivity (Wildman–Crippen MR) is 81.0 cm³/mol. The minimum absolute atomic E-state index is 0.795. The van der Waals surface area contributed by atoms with Crippen LogP contribution in [0.15, 0.2) is 36.4 Å². The molecule has 2 aliphatic rings. The number of hydrogen-bond donors (Lipinski definition) is 1. The Morgan fingerprint density at radius 1 is 1.21 bits per heavy atom. The summed E-state index contributed by atoms with van der Waals surface area (Å²) >= 11 is 0. The van der Waals surface area contributed by atoms with Crippen molar-refractivity contribution in [2.45, 2.75) is 25.3 Å². The first kappa shape index (κ1) is 12.9. The van der Waals surface area contributed by atoms with Gasteiger partial charge < -0.3 is 5.32 Å². The van der Waals surface area contributed by atoms with E-state index < -0.39 is 0 Å². The SMILES string of the molecule is C(=C\c1ccccc1)/CN1CC[C@@H]2NCCC[C@H]2C1. The van der Waals surface area contributed by atoms with Gasteiger partial charge in [0, 0.05) is 19.1 Å². The van der Waals surface area contributed by atoms with Crippen LogP contribution in [0.1, 0.15) is 24.8 Å². The normalized spacial score (nSPS) is 28.4. The fraction of sp³-hybridized carbons (Fsp3) is 0.529. The Labute approximate surface area is 116 Å². The van der Waals surface area contributed by atoms with Crippen LogP contribution < -0.4 is 5.32 Å². The first-order chi connectivity index (χ1) is 9.42. The molecule has 102 valence electrons. The Hall–Kier alpha value is -1.12. The van der Waals surface area contributed by atoms with Gasteiger partial charge in [-0.1, -0.05) is 42.5 Å². The van der Waals surface area contributed by atoms with Crippen LogP contribution in [0.25, 0.3) is 6.08 Å². The Bertz CT molecular complexity index is 413. The summed E-state index contributed by atoms with van der Waals surface area (Å²) in [4.78, 5) is 2.60. The molecule has 2 heteroatoms. The smallest absolute Gasteiger partial charge is 0.0166 e. The summed E-state index contributed by atoms with van der Waals surface area (Å²) in [5, 5.41) is 3.68. The van der Waals surface area contributed by atoms with Crippen LogP contribution in [-0.4, -0.2) is 37.1 Å². The second-order valence-electron chi connectivity index (χ2n) is 5.82. The van der Waals surface area contributed by atoms with E-state index in [1.807, 2.05) is 0 Å². The van der Waals surface area contributed by atoms with E-state index in [1.54, 1.807) is 0 Å². The number of likely N-dealkylation sites (tertiary alicyclic amines) is 1. The largest absolute Gasteiger partial charge is 0.314 e. The summed E-state index contributed by atoms with van der Waals surface area (Å²) in [6.07, 6.45) is 8.65. The van der Waals surface area contributed by atoms with Crippen LogP contribution in [-0.2, 0) is 0 Å². The van der Waals surface area contributed by atoms with Gasteiger partial charge in [-0.05, 0) is 43.8 Å². The second-order valence-corrected chi connectivity index (χ2v) is 5.82. The number of benzene rings is 1. The molecule has 2 aliphatic heterocycles. The van der Waals surface area contributed by atoms with Gasteiger partial charge in [-0.3, -0.25) is 4.90 Å². The number of fused-ring (bicyclic) bond motifs is 1. The molecule has 0 amide bonds. The molecule has 0 bridgehead atoms. The third kappa shape index (κ3) is 3.46. The van der Waals surface area contributed by atoms with Gasteiger partial charge in [0.15, 0.2) is 0 Å². The molecule has 1 N–H and O–H groups in total. The molecule has 3 rings (SSSR count). The number of piperidine rings is 2. The van der Waals surface area contributed by atoms with Gasteiger partial charge in [0.2, 0.25) is 0 Å². The van der Waals surface area contributed by atoms with E-state index in [-0.39, 0.29) is 0 Å². The molecule has 19 heavy (non-hydrogen) atoms. The maximum absolute atomic E-state index is 3.68. The van der Waals surface area contributed by atoms with Crippen molar-refractivity contribution in [3.05, 3.63) is 42.0 Å². The van der Waals surface area contributed by atoms with E-state index in [0.717, 1.165) is 18.5 Å². The fourth-order valence-corrected chi connectivity index (χ4v) is 3.39. The second kappa shape index (κ2) is 6.36. The summed E-state index contributed by atoms with van der Waals surface area (Å²) in [5.74, 6) is 0.882. The Morgan fingerprint density at radius 3 is 3.00 bits per heavy atom. The lowest BCUT2D eigenvalue weighted by Gasteiger charge is -2.41. The molecule has 1 aromatic carbocycles. The zero-order valence-electron chi connectivity index (χ0n) is 11.6. The summed E-state index contributed by atoms with van der Waals surface area (Å²) < 4.78 is 0. The molecule has 0 unspecified atom stereocenters. The third-order valence-electron chi connectivity index (χ3n) is 4.45. The molecule has 0 spiro atoms. The third-order valence-corrected chi connectivity index (χ3v) is 4.45. The summed E-state index contributed by atoms with van der Waals surface area (Å²) in [5.41, 5.74) is 1.30. The van der Waals surface area contributed by atoms with Gasteiger partial charge >= 0.3 is 0 Å². The van der Waals surface area contributed by atoms with Gasteiger partial charge in [-0.25, -0.2) is 0 Å². The average Bonchev–Trinajstić information content (AvgIpc) is 2.48. The van der Waals surface area contributed by atoms with Crippen LogP contribution >= 0.6 is 0 Å². The average molecular weight is 256 g/mol. The molecule has 0 radical (unpaired) electrons. The van der Waals surface area contributed by atoms with Gasteiger partial charge in [0.05, 0.1) is 0 Å². The first-order valence-corrected chi connectivity index (χ1v) is 7.59. The minimum Gasteiger partial charge on any atom is -0.314 e. The summed E-state index contributed by atoms with van der Waals surface area (Å²) in [6, 6.07) is 11.4. The Kier molecular flexibility index (Phi) is 4.31. The van der Waals surface area contributed by atoms with E-state index in [0.29, 0.717) is 0 Å². The highest BCUT2D eigenvalue weighted by atomic mass is 15.1. The number of nitrogens with zero attached hydrogens (tertiary/aromatic N) is 1. The first-order valence-electron chi connectivity index (χ1n) is 7.59. The molecule has 2 nitrogen and oxygen atoms in total. The predicted octanol–water partition coefficient (Wildman–Crippen LogP) is 2.77. The maximum atomic E-state index is 3.68. The molecule has 2 heterocycles. The zero-order chi connectivity index (χ0) is 12.9. The van der Waals surface area contributed by atoms with Crippen molar-refractivity contribution in [3.63, 3.8) is 0 Å². The Balaban J connectivity index is 1.49. The number of rotatable bonds is 3. The molecule has 0 aromatic heterocycles. The van der Waals surface area contributed by atoms with Crippen LogP contribution in [0.2, 0.25) is 0 Å². The van der Waals surface area contributed by atoms with Crippen molar-refractivity contribution in [2.24, 2.45) is 5.92 Å². The zero-order valence-corrected chi connectivity index (χ0v) is 11.6. The van der Waals surface area contributed by atoms with Gasteiger partial charge in [0.25, 0.3) is 0 Å². The quantitative estimate of drug-likeness (QED) is 0.894. The lowest BCUT2D eigenvalue weighted by Crippen LogP contribution is -2.52. The van der Waals surface area contributed by atoms with Crippen molar-refractivity contribution in [3.8, 4) is 0 Å². The van der Waals surface area contributed by atoms with Crippen LogP contribution in [0, 0.1) is 5.92 Å².